The minimum absolute atomic E-state index is 0.0297. The molecule has 0 spiro atoms. The Morgan fingerprint density at radius 1 is 1.53 bits per heavy atom. The van der Waals surface area contributed by atoms with Crippen LogP contribution in [0, 0.1) is 3.57 Å². The number of fused-ring (bicyclic) bond motifs is 1. The monoisotopic (exact) mass is 339 g/mol. The lowest BCUT2D eigenvalue weighted by molar-refractivity contribution is 0.186. The fourth-order valence-electron chi connectivity index (χ4n) is 1.08. The van der Waals surface area contributed by atoms with Gasteiger partial charge in [-0.15, -0.1) is 0 Å². The van der Waals surface area contributed by atoms with Crippen LogP contribution in [0.1, 0.15) is 0 Å². The average Bonchev–Trinajstić information content (AvgIpc) is 2.19. The summed E-state index contributed by atoms with van der Waals surface area (Å²) < 4.78 is 1.08. The van der Waals surface area contributed by atoms with Crippen molar-refractivity contribution in [3.8, 4) is 11.5 Å². The Balaban J connectivity index is 3.00. The first kappa shape index (κ1) is 10.4. The van der Waals surface area contributed by atoms with Crippen LogP contribution in [0.3, 0.4) is 0 Å². The predicted octanol–water partition coefficient (Wildman–Crippen LogP) is 0.532. The Hall–Kier alpha value is -1.09. The fraction of sp³-hybridized carbons (Fsp3) is 0. The van der Waals surface area contributed by atoms with E-state index in [1.807, 2.05) is 22.6 Å². The van der Waals surface area contributed by atoms with Crippen LogP contribution >= 0.6 is 34.2 Å². The number of hydrogen-bond donors (Lipinski definition) is 2. The first-order chi connectivity index (χ1) is 7.00. The molecular formula is C7H3ClIN3O3. The van der Waals surface area contributed by atoms with Gasteiger partial charge in [0.1, 0.15) is 0 Å². The van der Waals surface area contributed by atoms with E-state index in [1.54, 1.807) is 0 Å². The van der Waals surface area contributed by atoms with Crippen molar-refractivity contribution in [3.63, 3.8) is 0 Å². The average molecular weight is 339 g/mol. The van der Waals surface area contributed by atoms with Crippen molar-refractivity contribution in [2.75, 3.05) is 0 Å². The number of pyridine rings is 1. The van der Waals surface area contributed by atoms with Gasteiger partial charge in [0.2, 0.25) is 0 Å². The molecule has 0 aromatic heterocycles. The molecule has 0 aromatic rings. The Morgan fingerprint density at radius 2 is 2.20 bits per heavy atom. The van der Waals surface area contributed by atoms with Crippen LogP contribution in [-0.2, 0) is 0 Å². The lowest BCUT2D eigenvalue weighted by atomic mass is 10.3. The van der Waals surface area contributed by atoms with Gasteiger partial charge in [0.05, 0.1) is 9.26 Å². The maximum Gasteiger partial charge on any atom is 0.337 e. The summed E-state index contributed by atoms with van der Waals surface area (Å²) in [4.78, 5) is 27.6. The van der Waals surface area contributed by atoms with Crippen molar-refractivity contribution in [1.82, 2.24) is 14.7 Å². The molecule has 0 fully saturated rings. The highest BCUT2D eigenvalue weighted by molar-refractivity contribution is 14.1. The Bertz CT molecular complexity index is 620. The first-order valence-corrected chi connectivity index (χ1v) is 5.16. The third kappa shape index (κ3) is 1.61. The van der Waals surface area contributed by atoms with E-state index >= 15 is 0 Å². The van der Waals surface area contributed by atoms with Crippen molar-refractivity contribution in [2.24, 2.45) is 0 Å². The van der Waals surface area contributed by atoms with Gasteiger partial charge in [-0.25, -0.2) is 0 Å². The number of aromatic amines is 1. The zero-order chi connectivity index (χ0) is 11.2. The quantitative estimate of drug-likeness (QED) is 0.317. The topological polar surface area (TPSA) is 88.0 Å². The predicted molar refractivity (Wildman–Crippen MR) is 60.7 cm³/mol. The number of halogens is 2. The van der Waals surface area contributed by atoms with Gasteiger partial charge < -0.3 is 10.2 Å². The van der Waals surface area contributed by atoms with Gasteiger partial charge in [-0.3, -0.25) is 9.59 Å². The van der Waals surface area contributed by atoms with E-state index in [9.17, 15) is 14.8 Å². The van der Waals surface area contributed by atoms with Crippen LogP contribution in [0.15, 0.2) is 15.7 Å². The van der Waals surface area contributed by atoms with Gasteiger partial charge in [-0.05, 0) is 28.7 Å². The number of nitrogens with zero attached hydrogens (tertiary/aromatic N) is 2. The molecule has 0 aromatic carbocycles. The SMILES string of the molecule is O=c1nc2n(O)c(Cl)c(I)cc-2[nH]c1=O. The Labute approximate surface area is 101 Å². The summed E-state index contributed by atoms with van der Waals surface area (Å²) in [7, 11) is 0. The van der Waals surface area contributed by atoms with Gasteiger partial charge in [0, 0.05) is 0 Å². The van der Waals surface area contributed by atoms with E-state index < -0.39 is 11.1 Å². The lowest BCUT2D eigenvalue weighted by Crippen LogP contribution is -2.32. The van der Waals surface area contributed by atoms with Crippen LogP contribution in [0.5, 0.6) is 0 Å². The van der Waals surface area contributed by atoms with Crippen molar-refractivity contribution < 1.29 is 5.21 Å². The molecule has 2 aliphatic heterocycles. The number of H-pyrrole nitrogens is 1. The van der Waals surface area contributed by atoms with Crippen molar-refractivity contribution in [3.05, 3.63) is 35.5 Å². The van der Waals surface area contributed by atoms with E-state index in [-0.39, 0.29) is 16.7 Å². The first-order valence-electron chi connectivity index (χ1n) is 3.71. The number of hydrogen-bond acceptors (Lipinski definition) is 4. The number of aromatic nitrogens is 3. The molecule has 0 saturated heterocycles. The molecule has 0 saturated carbocycles. The third-order valence-electron chi connectivity index (χ3n) is 1.75. The highest BCUT2D eigenvalue weighted by Crippen LogP contribution is 2.24. The normalized spacial score (nSPS) is 10.8. The van der Waals surface area contributed by atoms with Crippen molar-refractivity contribution in [2.45, 2.75) is 0 Å². The largest absolute Gasteiger partial charge is 0.425 e. The van der Waals surface area contributed by atoms with E-state index in [0.29, 0.717) is 8.30 Å². The van der Waals surface area contributed by atoms with Crippen LogP contribution < -0.4 is 11.1 Å². The van der Waals surface area contributed by atoms with Gasteiger partial charge in [0.25, 0.3) is 0 Å². The lowest BCUT2D eigenvalue weighted by Gasteiger charge is -2.10. The second kappa shape index (κ2) is 3.49. The molecule has 15 heavy (non-hydrogen) atoms. The highest BCUT2D eigenvalue weighted by atomic mass is 127. The number of nitrogens with one attached hydrogen (secondary N) is 1. The highest BCUT2D eigenvalue weighted by Gasteiger charge is 2.16. The van der Waals surface area contributed by atoms with Crippen LogP contribution in [0.25, 0.3) is 11.5 Å². The Morgan fingerprint density at radius 3 is 2.87 bits per heavy atom. The zero-order valence-corrected chi connectivity index (χ0v) is 9.90. The molecule has 2 rings (SSSR count). The van der Waals surface area contributed by atoms with Crippen molar-refractivity contribution >= 4 is 34.2 Å². The van der Waals surface area contributed by atoms with Gasteiger partial charge in [-0.2, -0.15) is 9.71 Å². The summed E-state index contributed by atoms with van der Waals surface area (Å²) in [6, 6.07) is 1.51. The molecule has 0 aliphatic carbocycles. The van der Waals surface area contributed by atoms with Crippen LogP contribution in [0.2, 0.25) is 5.15 Å². The molecule has 2 N–H and O–H groups in total. The van der Waals surface area contributed by atoms with Gasteiger partial charge in [-0.1, -0.05) is 11.6 Å². The second-order valence-electron chi connectivity index (χ2n) is 2.70. The third-order valence-corrected chi connectivity index (χ3v) is 3.25. The molecule has 8 heteroatoms. The number of rotatable bonds is 0. The summed E-state index contributed by atoms with van der Waals surface area (Å²) in [5.74, 6) is -0.0787. The fourth-order valence-corrected chi connectivity index (χ4v) is 1.76. The van der Waals surface area contributed by atoms with E-state index in [0.717, 1.165) is 0 Å². The summed E-state index contributed by atoms with van der Waals surface area (Å²) in [5.41, 5.74) is -1.56. The Kier molecular flexibility index (Phi) is 2.43. The summed E-state index contributed by atoms with van der Waals surface area (Å²) in [6.45, 7) is 0. The minimum atomic E-state index is -0.970. The van der Waals surface area contributed by atoms with Crippen LogP contribution in [0.4, 0.5) is 0 Å². The van der Waals surface area contributed by atoms with E-state index in [2.05, 4.69) is 9.97 Å². The smallest absolute Gasteiger partial charge is 0.337 e. The molecule has 0 bridgehead atoms. The molecule has 78 valence electrons. The molecule has 0 atom stereocenters. The molecule has 6 nitrogen and oxygen atoms in total. The molecule has 0 unspecified atom stereocenters. The molecule has 2 aliphatic rings. The zero-order valence-electron chi connectivity index (χ0n) is 6.99. The van der Waals surface area contributed by atoms with Gasteiger partial charge in [0.15, 0.2) is 11.0 Å². The van der Waals surface area contributed by atoms with Crippen molar-refractivity contribution in [1.29, 1.82) is 0 Å². The maximum atomic E-state index is 11.0. The summed E-state index contributed by atoms with van der Waals surface area (Å²) >= 11 is 7.60. The van der Waals surface area contributed by atoms with E-state index in [4.69, 9.17) is 11.6 Å². The minimum Gasteiger partial charge on any atom is -0.425 e. The molecule has 0 amide bonds. The van der Waals surface area contributed by atoms with E-state index in [1.165, 1.54) is 6.07 Å². The molecule has 2 heterocycles. The second-order valence-corrected chi connectivity index (χ2v) is 4.22. The molecular weight excluding hydrogens is 336 g/mol. The maximum absolute atomic E-state index is 11.0. The molecule has 0 radical (unpaired) electrons. The summed E-state index contributed by atoms with van der Waals surface area (Å²) in [6.07, 6.45) is 0. The van der Waals surface area contributed by atoms with Crippen LogP contribution in [-0.4, -0.2) is 19.9 Å². The standard InChI is InChI=1S/C7H3ClIN3O3/c8-4-2(9)1-3-5(12(4)15)11-7(14)6(13)10-3/h1,15H,(H,10,13). The summed E-state index contributed by atoms with van der Waals surface area (Å²) in [5, 5.41) is 9.54. The van der Waals surface area contributed by atoms with Gasteiger partial charge >= 0.3 is 11.1 Å².